The summed E-state index contributed by atoms with van der Waals surface area (Å²) in [6.45, 7) is 0.724. The molecule has 112 valence electrons. The van der Waals surface area contributed by atoms with Gasteiger partial charge in [-0.3, -0.25) is 9.78 Å². The molecule has 0 saturated carbocycles. The maximum absolute atomic E-state index is 12.6. The number of hydrogen-bond donors (Lipinski definition) is 1. The Kier molecular flexibility index (Phi) is 3.81. The largest absolute Gasteiger partial charge is 0.478 e. The van der Waals surface area contributed by atoms with E-state index in [0.717, 1.165) is 5.69 Å². The standard InChI is InChI=1S/C16H13ClN2O3/c17-13-4-2-1-3-11(13)15(20)19-8-6-14-12(9-19)10(16(21)22)5-7-18-14/h1-5,7H,6,8-9H2,(H,21,22). The van der Waals surface area contributed by atoms with Crippen LogP contribution in [-0.2, 0) is 13.0 Å². The Bertz CT molecular complexity index is 761. The smallest absolute Gasteiger partial charge is 0.336 e. The number of benzene rings is 1. The van der Waals surface area contributed by atoms with Crippen LogP contribution < -0.4 is 0 Å². The fraction of sp³-hybridized carbons (Fsp3) is 0.188. The summed E-state index contributed by atoms with van der Waals surface area (Å²) in [6, 6.07) is 8.31. The third kappa shape index (κ3) is 2.55. The van der Waals surface area contributed by atoms with Crippen molar-refractivity contribution in [3.05, 3.63) is 63.9 Å². The molecule has 1 aliphatic rings. The first-order valence-corrected chi connectivity index (χ1v) is 7.19. The second-order valence-corrected chi connectivity index (χ2v) is 5.45. The van der Waals surface area contributed by atoms with Crippen molar-refractivity contribution in [3.63, 3.8) is 0 Å². The number of hydrogen-bond acceptors (Lipinski definition) is 3. The molecule has 3 rings (SSSR count). The summed E-state index contributed by atoms with van der Waals surface area (Å²) >= 11 is 6.07. The van der Waals surface area contributed by atoms with E-state index in [-0.39, 0.29) is 18.0 Å². The van der Waals surface area contributed by atoms with Gasteiger partial charge in [0.25, 0.3) is 5.91 Å². The molecule has 0 aliphatic carbocycles. The molecule has 0 bridgehead atoms. The number of carbonyl (C=O) groups excluding carboxylic acids is 1. The van der Waals surface area contributed by atoms with Crippen LogP contribution >= 0.6 is 11.6 Å². The average molecular weight is 317 g/mol. The van der Waals surface area contributed by atoms with Crippen molar-refractivity contribution in [1.82, 2.24) is 9.88 Å². The molecule has 0 saturated heterocycles. The molecule has 6 heteroatoms. The molecule has 1 aliphatic heterocycles. The minimum Gasteiger partial charge on any atom is -0.478 e. The minimum atomic E-state index is -1.01. The first kappa shape index (κ1) is 14.5. The van der Waals surface area contributed by atoms with Crippen LogP contribution in [0.25, 0.3) is 0 Å². The van der Waals surface area contributed by atoms with Gasteiger partial charge < -0.3 is 10.0 Å². The third-order valence-corrected chi connectivity index (χ3v) is 4.06. The van der Waals surface area contributed by atoms with Crippen LogP contribution in [-0.4, -0.2) is 33.4 Å². The maximum atomic E-state index is 12.6. The quantitative estimate of drug-likeness (QED) is 0.924. The van der Waals surface area contributed by atoms with Gasteiger partial charge in [-0.2, -0.15) is 0 Å². The van der Waals surface area contributed by atoms with Gasteiger partial charge in [0.1, 0.15) is 0 Å². The van der Waals surface area contributed by atoms with E-state index in [1.54, 1.807) is 29.2 Å². The molecule has 2 aromatic rings. The Balaban J connectivity index is 1.93. The number of fused-ring (bicyclic) bond motifs is 1. The summed E-state index contributed by atoms with van der Waals surface area (Å²) in [6.07, 6.45) is 2.03. The zero-order valence-electron chi connectivity index (χ0n) is 11.6. The van der Waals surface area contributed by atoms with Gasteiger partial charge in [0.15, 0.2) is 0 Å². The Morgan fingerprint density at radius 2 is 1.95 bits per heavy atom. The Hall–Kier alpha value is -2.40. The summed E-state index contributed by atoms with van der Waals surface area (Å²) < 4.78 is 0. The van der Waals surface area contributed by atoms with Gasteiger partial charge in [-0.25, -0.2) is 4.79 Å². The highest BCUT2D eigenvalue weighted by atomic mass is 35.5. The molecule has 22 heavy (non-hydrogen) atoms. The zero-order chi connectivity index (χ0) is 15.7. The molecule has 5 nitrogen and oxygen atoms in total. The van der Waals surface area contributed by atoms with E-state index in [0.29, 0.717) is 29.1 Å². The monoisotopic (exact) mass is 316 g/mol. The van der Waals surface area contributed by atoms with Gasteiger partial charge in [-0.05, 0) is 18.2 Å². The lowest BCUT2D eigenvalue weighted by Crippen LogP contribution is -2.37. The van der Waals surface area contributed by atoms with Gasteiger partial charge in [0.05, 0.1) is 16.1 Å². The third-order valence-electron chi connectivity index (χ3n) is 3.73. The van der Waals surface area contributed by atoms with Gasteiger partial charge in [0, 0.05) is 37.0 Å². The van der Waals surface area contributed by atoms with Gasteiger partial charge in [-0.1, -0.05) is 23.7 Å². The Morgan fingerprint density at radius 1 is 1.18 bits per heavy atom. The van der Waals surface area contributed by atoms with E-state index in [2.05, 4.69) is 4.98 Å². The summed E-state index contributed by atoms with van der Waals surface area (Å²) in [7, 11) is 0. The van der Waals surface area contributed by atoms with E-state index < -0.39 is 5.97 Å². The second kappa shape index (κ2) is 5.77. The van der Waals surface area contributed by atoms with Crippen LogP contribution in [0.4, 0.5) is 0 Å². The molecule has 1 N–H and O–H groups in total. The van der Waals surface area contributed by atoms with Crippen molar-refractivity contribution in [2.24, 2.45) is 0 Å². The highest BCUT2D eigenvalue weighted by molar-refractivity contribution is 6.33. The number of carboxylic acids is 1. The number of halogens is 1. The molecular weight excluding hydrogens is 304 g/mol. The molecule has 0 spiro atoms. The fourth-order valence-corrected chi connectivity index (χ4v) is 2.83. The number of carboxylic acid groups (broad SMARTS) is 1. The van der Waals surface area contributed by atoms with Crippen LogP contribution in [0.5, 0.6) is 0 Å². The zero-order valence-corrected chi connectivity index (χ0v) is 12.4. The van der Waals surface area contributed by atoms with E-state index in [4.69, 9.17) is 11.6 Å². The van der Waals surface area contributed by atoms with E-state index in [1.165, 1.54) is 12.3 Å². The first-order valence-electron chi connectivity index (χ1n) is 6.82. The highest BCUT2D eigenvalue weighted by Crippen LogP contribution is 2.24. The number of pyridine rings is 1. The topological polar surface area (TPSA) is 70.5 Å². The maximum Gasteiger partial charge on any atom is 0.336 e. The van der Waals surface area contributed by atoms with Crippen LogP contribution in [0.1, 0.15) is 32.0 Å². The van der Waals surface area contributed by atoms with Crippen LogP contribution in [0, 0.1) is 0 Å². The van der Waals surface area contributed by atoms with Crippen molar-refractivity contribution in [3.8, 4) is 0 Å². The summed E-state index contributed by atoms with van der Waals surface area (Å²) in [5, 5.41) is 9.67. The highest BCUT2D eigenvalue weighted by Gasteiger charge is 2.26. The predicted octanol–water partition coefficient (Wildman–Crippen LogP) is 2.63. The van der Waals surface area contributed by atoms with Crippen LogP contribution in [0.15, 0.2) is 36.5 Å². The molecular formula is C16H13ClN2O3. The Morgan fingerprint density at radius 3 is 2.68 bits per heavy atom. The predicted molar refractivity (Wildman–Crippen MR) is 81.1 cm³/mol. The number of aromatic nitrogens is 1. The lowest BCUT2D eigenvalue weighted by molar-refractivity contribution is 0.0676. The summed E-state index contributed by atoms with van der Waals surface area (Å²) in [4.78, 5) is 29.7. The molecule has 1 amide bonds. The van der Waals surface area contributed by atoms with Crippen molar-refractivity contribution in [1.29, 1.82) is 0 Å². The fourth-order valence-electron chi connectivity index (χ4n) is 2.62. The van der Waals surface area contributed by atoms with E-state index in [9.17, 15) is 14.7 Å². The first-order chi connectivity index (χ1) is 10.6. The molecule has 0 fully saturated rings. The molecule has 1 aromatic carbocycles. The van der Waals surface area contributed by atoms with E-state index in [1.807, 2.05) is 0 Å². The van der Waals surface area contributed by atoms with Crippen molar-refractivity contribution >= 4 is 23.5 Å². The molecule has 1 aromatic heterocycles. The van der Waals surface area contributed by atoms with Gasteiger partial charge >= 0.3 is 5.97 Å². The van der Waals surface area contributed by atoms with Crippen molar-refractivity contribution < 1.29 is 14.7 Å². The van der Waals surface area contributed by atoms with Crippen LogP contribution in [0.3, 0.4) is 0 Å². The molecule has 0 atom stereocenters. The summed E-state index contributed by atoms with van der Waals surface area (Å²) in [5.74, 6) is -1.21. The summed E-state index contributed by atoms with van der Waals surface area (Å²) in [5.41, 5.74) is 1.96. The molecule has 0 radical (unpaired) electrons. The number of carbonyl (C=O) groups is 2. The van der Waals surface area contributed by atoms with Crippen LogP contribution in [0.2, 0.25) is 5.02 Å². The molecule has 0 unspecified atom stereocenters. The lowest BCUT2D eigenvalue weighted by atomic mass is 9.99. The van der Waals surface area contributed by atoms with Gasteiger partial charge in [0.2, 0.25) is 0 Å². The van der Waals surface area contributed by atoms with Gasteiger partial charge in [-0.15, -0.1) is 0 Å². The minimum absolute atomic E-state index is 0.196. The normalized spacial score (nSPS) is 13.6. The van der Waals surface area contributed by atoms with Crippen molar-refractivity contribution in [2.45, 2.75) is 13.0 Å². The SMILES string of the molecule is O=C(O)c1ccnc2c1CN(C(=O)c1ccccc1Cl)CC2. The Labute approximate surface area is 132 Å². The molecule has 2 heterocycles. The number of aromatic carboxylic acids is 1. The van der Waals surface area contributed by atoms with Crippen molar-refractivity contribution in [2.75, 3.05) is 6.54 Å². The lowest BCUT2D eigenvalue weighted by Gasteiger charge is -2.29. The number of nitrogens with zero attached hydrogens (tertiary/aromatic N) is 2. The number of amides is 1. The average Bonchev–Trinajstić information content (AvgIpc) is 2.53. The second-order valence-electron chi connectivity index (χ2n) is 5.05. The van der Waals surface area contributed by atoms with E-state index >= 15 is 0 Å². The number of rotatable bonds is 2.